The fourth-order valence-corrected chi connectivity index (χ4v) is 4.68. The predicted molar refractivity (Wildman–Crippen MR) is 131 cm³/mol. The third-order valence-corrected chi connectivity index (χ3v) is 6.51. The number of unbranched alkanes of at least 4 members (excludes halogenated alkanes) is 1. The second-order valence-corrected chi connectivity index (χ2v) is 8.76. The Labute approximate surface area is 192 Å². The molecule has 1 heterocycles. The molecule has 0 N–H and O–H groups in total. The second kappa shape index (κ2) is 11.6. The molecular formula is C29H34N2O. The van der Waals surface area contributed by atoms with Gasteiger partial charge in [0, 0.05) is 45.1 Å². The molecule has 32 heavy (non-hydrogen) atoms. The first-order valence-corrected chi connectivity index (χ1v) is 11.9. The second-order valence-electron chi connectivity index (χ2n) is 8.76. The van der Waals surface area contributed by atoms with Gasteiger partial charge in [0.1, 0.15) is 0 Å². The number of nitrogens with zero attached hydrogens (tertiary/aromatic N) is 2. The molecule has 1 amide bonds. The fourth-order valence-electron chi connectivity index (χ4n) is 4.68. The number of benzene rings is 3. The molecule has 3 aromatic rings. The Balaban J connectivity index is 1.21. The molecule has 166 valence electrons. The molecule has 3 nitrogen and oxygen atoms in total. The van der Waals surface area contributed by atoms with Gasteiger partial charge >= 0.3 is 0 Å². The minimum atomic E-state index is 0.320. The molecule has 1 saturated heterocycles. The van der Waals surface area contributed by atoms with Crippen LogP contribution in [-0.2, 0) is 11.3 Å². The van der Waals surface area contributed by atoms with Crippen LogP contribution in [0, 0.1) is 0 Å². The number of hydrogen-bond donors (Lipinski definition) is 0. The van der Waals surface area contributed by atoms with Crippen molar-refractivity contribution in [2.45, 2.75) is 38.1 Å². The number of piperazine rings is 1. The topological polar surface area (TPSA) is 23.6 Å². The van der Waals surface area contributed by atoms with Crippen molar-refractivity contribution in [2.24, 2.45) is 0 Å². The zero-order valence-electron chi connectivity index (χ0n) is 18.9. The van der Waals surface area contributed by atoms with Crippen LogP contribution >= 0.6 is 0 Å². The predicted octanol–water partition coefficient (Wildman–Crippen LogP) is 5.72. The lowest BCUT2D eigenvalue weighted by Crippen LogP contribution is -2.48. The number of rotatable bonds is 9. The number of amides is 1. The average molecular weight is 427 g/mol. The standard InChI is InChI=1S/C29H34N2O/c32-29(31-22-20-30(21-23-31)24-25-12-4-1-5-13-25)19-11-10-18-28(26-14-6-2-7-15-26)27-16-8-3-9-17-27/h1-9,12-17,28H,10-11,18-24H2. The summed E-state index contributed by atoms with van der Waals surface area (Å²) >= 11 is 0. The summed E-state index contributed by atoms with van der Waals surface area (Å²) < 4.78 is 0. The maximum absolute atomic E-state index is 12.8. The van der Waals surface area contributed by atoms with Crippen molar-refractivity contribution in [1.29, 1.82) is 0 Å². The van der Waals surface area contributed by atoms with Crippen LogP contribution in [0.5, 0.6) is 0 Å². The molecule has 0 spiro atoms. The summed E-state index contributed by atoms with van der Waals surface area (Å²) in [4.78, 5) is 17.3. The van der Waals surface area contributed by atoms with Gasteiger partial charge in [0.25, 0.3) is 0 Å². The Hall–Kier alpha value is -2.91. The Morgan fingerprint density at radius 2 is 1.22 bits per heavy atom. The smallest absolute Gasteiger partial charge is 0.222 e. The zero-order valence-corrected chi connectivity index (χ0v) is 18.9. The monoisotopic (exact) mass is 426 g/mol. The van der Waals surface area contributed by atoms with Gasteiger partial charge in [-0.3, -0.25) is 9.69 Å². The summed E-state index contributed by atoms with van der Waals surface area (Å²) in [5, 5.41) is 0. The van der Waals surface area contributed by atoms with Gasteiger partial charge in [-0.05, 0) is 29.5 Å². The first kappa shape index (κ1) is 22.3. The molecule has 0 saturated carbocycles. The van der Waals surface area contributed by atoms with Crippen LogP contribution in [0.25, 0.3) is 0 Å². The minimum Gasteiger partial charge on any atom is -0.340 e. The number of carbonyl (C=O) groups excluding carboxylic acids is 1. The van der Waals surface area contributed by atoms with Crippen LogP contribution in [0.15, 0.2) is 91.0 Å². The first-order chi connectivity index (χ1) is 15.8. The minimum absolute atomic E-state index is 0.320. The van der Waals surface area contributed by atoms with Crippen molar-refractivity contribution < 1.29 is 4.79 Å². The van der Waals surface area contributed by atoms with E-state index in [1.165, 1.54) is 16.7 Å². The maximum Gasteiger partial charge on any atom is 0.222 e. The van der Waals surface area contributed by atoms with E-state index in [2.05, 4.69) is 101 Å². The Bertz CT molecular complexity index is 895. The maximum atomic E-state index is 12.8. The molecule has 0 aliphatic carbocycles. The largest absolute Gasteiger partial charge is 0.340 e. The van der Waals surface area contributed by atoms with E-state index in [9.17, 15) is 4.79 Å². The van der Waals surface area contributed by atoms with E-state index >= 15 is 0 Å². The van der Waals surface area contributed by atoms with Gasteiger partial charge in [-0.2, -0.15) is 0 Å². The summed E-state index contributed by atoms with van der Waals surface area (Å²) in [6.07, 6.45) is 3.76. The van der Waals surface area contributed by atoms with E-state index in [1.54, 1.807) is 0 Å². The lowest BCUT2D eigenvalue weighted by Gasteiger charge is -2.35. The van der Waals surface area contributed by atoms with Crippen molar-refractivity contribution in [3.63, 3.8) is 0 Å². The van der Waals surface area contributed by atoms with Crippen LogP contribution in [0.1, 0.15) is 48.3 Å². The van der Waals surface area contributed by atoms with E-state index in [1.807, 2.05) is 0 Å². The van der Waals surface area contributed by atoms with Gasteiger partial charge in [0.05, 0.1) is 0 Å². The molecule has 1 aliphatic heterocycles. The van der Waals surface area contributed by atoms with Gasteiger partial charge in [-0.1, -0.05) is 97.4 Å². The van der Waals surface area contributed by atoms with E-state index in [0.29, 0.717) is 18.2 Å². The normalized spacial score (nSPS) is 14.6. The molecule has 3 heteroatoms. The fraction of sp³-hybridized carbons (Fsp3) is 0.345. The van der Waals surface area contributed by atoms with Gasteiger partial charge < -0.3 is 4.90 Å². The highest BCUT2D eigenvalue weighted by Gasteiger charge is 2.21. The average Bonchev–Trinajstić information content (AvgIpc) is 2.86. The van der Waals surface area contributed by atoms with Gasteiger partial charge in [0.15, 0.2) is 0 Å². The third kappa shape index (κ3) is 6.30. The molecule has 1 fully saturated rings. The van der Waals surface area contributed by atoms with Crippen molar-refractivity contribution in [3.05, 3.63) is 108 Å². The molecule has 0 unspecified atom stereocenters. The van der Waals surface area contributed by atoms with Crippen molar-refractivity contribution in [3.8, 4) is 0 Å². The molecular weight excluding hydrogens is 392 g/mol. The van der Waals surface area contributed by atoms with Gasteiger partial charge in [-0.15, -0.1) is 0 Å². The highest BCUT2D eigenvalue weighted by Crippen LogP contribution is 2.29. The molecule has 0 bridgehead atoms. The van der Waals surface area contributed by atoms with Crippen LogP contribution in [0.2, 0.25) is 0 Å². The van der Waals surface area contributed by atoms with Gasteiger partial charge in [0.2, 0.25) is 5.91 Å². The highest BCUT2D eigenvalue weighted by molar-refractivity contribution is 5.76. The Morgan fingerprint density at radius 3 is 1.78 bits per heavy atom. The van der Waals surface area contributed by atoms with Crippen LogP contribution in [-0.4, -0.2) is 41.9 Å². The summed E-state index contributed by atoms with van der Waals surface area (Å²) in [7, 11) is 0. The van der Waals surface area contributed by atoms with Gasteiger partial charge in [-0.25, -0.2) is 0 Å². The van der Waals surface area contributed by atoms with E-state index < -0.39 is 0 Å². The quantitative estimate of drug-likeness (QED) is 0.408. The van der Waals surface area contributed by atoms with Crippen LogP contribution in [0.4, 0.5) is 0 Å². The van der Waals surface area contributed by atoms with Crippen molar-refractivity contribution in [1.82, 2.24) is 9.80 Å². The highest BCUT2D eigenvalue weighted by atomic mass is 16.2. The van der Waals surface area contributed by atoms with Crippen LogP contribution < -0.4 is 0 Å². The SMILES string of the molecule is O=C(CCCCC(c1ccccc1)c1ccccc1)N1CCN(Cc2ccccc2)CC1. The number of hydrogen-bond acceptors (Lipinski definition) is 2. The summed E-state index contributed by atoms with van der Waals surface area (Å²) in [5.41, 5.74) is 4.07. The lowest BCUT2D eigenvalue weighted by atomic mass is 9.87. The Morgan fingerprint density at radius 1 is 0.688 bits per heavy atom. The molecule has 0 aromatic heterocycles. The number of carbonyl (C=O) groups is 1. The van der Waals surface area contributed by atoms with E-state index in [4.69, 9.17) is 0 Å². The third-order valence-electron chi connectivity index (χ3n) is 6.51. The molecule has 0 atom stereocenters. The zero-order chi connectivity index (χ0) is 22.0. The lowest BCUT2D eigenvalue weighted by molar-refractivity contribution is -0.133. The Kier molecular flexibility index (Phi) is 8.11. The van der Waals surface area contributed by atoms with Crippen molar-refractivity contribution in [2.75, 3.05) is 26.2 Å². The molecule has 1 aliphatic rings. The van der Waals surface area contributed by atoms with Crippen molar-refractivity contribution >= 4 is 5.91 Å². The molecule has 3 aromatic carbocycles. The van der Waals surface area contributed by atoms with Crippen LogP contribution in [0.3, 0.4) is 0 Å². The summed E-state index contributed by atoms with van der Waals surface area (Å²) in [5.74, 6) is 0.717. The summed E-state index contributed by atoms with van der Waals surface area (Å²) in [6, 6.07) is 32.1. The first-order valence-electron chi connectivity index (χ1n) is 11.9. The molecule has 4 rings (SSSR count). The van der Waals surface area contributed by atoms with E-state index in [0.717, 1.165) is 52.0 Å². The molecule has 0 radical (unpaired) electrons. The van der Waals surface area contributed by atoms with E-state index in [-0.39, 0.29) is 0 Å². The summed E-state index contributed by atoms with van der Waals surface area (Å²) in [6.45, 7) is 4.60.